The van der Waals surface area contributed by atoms with Gasteiger partial charge in [0.2, 0.25) is 5.95 Å². The number of hydrogen-bond donors (Lipinski definition) is 2. The van der Waals surface area contributed by atoms with Gasteiger partial charge in [0.1, 0.15) is 11.4 Å². The Labute approximate surface area is 227 Å². The lowest BCUT2D eigenvalue weighted by Gasteiger charge is -2.40. The summed E-state index contributed by atoms with van der Waals surface area (Å²) in [7, 11) is 0. The van der Waals surface area contributed by atoms with Crippen LogP contribution in [0.1, 0.15) is 61.7 Å². The molecule has 2 aromatic heterocycles. The lowest BCUT2D eigenvalue weighted by Crippen LogP contribution is -2.53. The molecule has 2 aliphatic rings. The molecule has 0 spiro atoms. The summed E-state index contributed by atoms with van der Waals surface area (Å²) in [4.78, 5) is 33.1. The van der Waals surface area contributed by atoms with Gasteiger partial charge in [-0.1, -0.05) is 12.1 Å². The molecule has 0 radical (unpaired) electrons. The summed E-state index contributed by atoms with van der Waals surface area (Å²) in [6.45, 7) is 9.12. The molecule has 3 heterocycles. The number of nitrogens with one attached hydrogen (secondary N) is 1. The number of benzene rings is 1. The molecule has 2 unspecified atom stereocenters. The van der Waals surface area contributed by atoms with E-state index in [-0.39, 0.29) is 35.7 Å². The highest BCUT2D eigenvalue weighted by Gasteiger charge is 2.36. The lowest BCUT2D eigenvalue weighted by atomic mass is 9.77. The first-order valence-electron chi connectivity index (χ1n) is 13.3. The van der Waals surface area contributed by atoms with Crippen LogP contribution in [0.4, 0.5) is 15.1 Å². The zero-order chi connectivity index (χ0) is 27.7. The maximum Gasteiger partial charge on any atom is 0.410 e. The molecule has 1 aromatic carbocycles. The van der Waals surface area contributed by atoms with E-state index < -0.39 is 5.60 Å². The molecule has 1 aliphatic carbocycles. The Morgan fingerprint density at radius 3 is 2.74 bits per heavy atom. The minimum Gasteiger partial charge on any atom is -0.444 e. The molecule has 2 atom stereocenters. The fraction of sp³-hybridized carbons (Fsp3) is 0.448. The molecular formula is C29H35FN6O3. The maximum absolute atomic E-state index is 14.3. The Morgan fingerprint density at radius 2 is 2.03 bits per heavy atom. The van der Waals surface area contributed by atoms with E-state index in [9.17, 15) is 9.18 Å². The van der Waals surface area contributed by atoms with E-state index in [0.717, 1.165) is 33.6 Å². The third-order valence-corrected chi connectivity index (χ3v) is 7.12. The second-order valence-electron chi connectivity index (χ2n) is 11.4. The summed E-state index contributed by atoms with van der Waals surface area (Å²) in [6, 6.07) is 8.50. The Balaban J connectivity index is 1.31. The fourth-order valence-electron chi connectivity index (χ4n) is 5.41. The van der Waals surface area contributed by atoms with Crippen molar-refractivity contribution in [1.29, 1.82) is 0 Å². The lowest BCUT2D eigenvalue weighted by molar-refractivity contribution is -0.0540. The van der Waals surface area contributed by atoms with Gasteiger partial charge in [0.15, 0.2) is 0 Å². The van der Waals surface area contributed by atoms with Crippen LogP contribution in [-0.2, 0) is 16.0 Å². The van der Waals surface area contributed by atoms with Gasteiger partial charge in [0, 0.05) is 48.2 Å². The van der Waals surface area contributed by atoms with Gasteiger partial charge in [-0.05, 0) is 75.8 Å². The number of likely N-dealkylation sites (tertiary alicyclic amines) is 1. The van der Waals surface area contributed by atoms with Gasteiger partial charge in [-0.3, -0.25) is 4.98 Å². The van der Waals surface area contributed by atoms with Crippen molar-refractivity contribution in [1.82, 2.24) is 25.3 Å². The minimum atomic E-state index is -0.518. The number of amides is 1. The number of rotatable bonds is 6. The van der Waals surface area contributed by atoms with Crippen molar-refractivity contribution < 1.29 is 18.8 Å². The van der Waals surface area contributed by atoms with E-state index >= 15 is 0 Å². The highest BCUT2D eigenvalue weighted by atomic mass is 19.1. The molecule has 3 N–H and O–H groups in total. The summed E-state index contributed by atoms with van der Waals surface area (Å²) in [5, 5.41) is 0. The summed E-state index contributed by atoms with van der Waals surface area (Å²) in [6.07, 6.45) is 4.50. The van der Waals surface area contributed by atoms with Gasteiger partial charge in [-0.15, -0.1) is 0 Å². The van der Waals surface area contributed by atoms with Gasteiger partial charge >= 0.3 is 6.09 Å². The third-order valence-electron chi connectivity index (χ3n) is 7.12. The van der Waals surface area contributed by atoms with Gasteiger partial charge < -0.3 is 20.2 Å². The Bertz CT molecular complexity index is 1340. The molecule has 39 heavy (non-hydrogen) atoms. The highest BCUT2D eigenvalue weighted by Crippen LogP contribution is 2.42. The molecule has 1 fully saturated rings. The SMILES string of the molecule is Cc1nc(N)nc2c1C(NOCC1CN(C(=O)OC(C)(C)C)C1)CC(c1ccc(F)cc1-c1cccnc1)C2. The van der Waals surface area contributed by atoms with Gasteiger partial charge in [0.05, 0.1) is 18.3 Å². The van der Waals surface area contributed by atoms with Crippen LogP contribution in [-0.4, -0.2) is 51.2 Å². The Kier molecular flexibility index (Phi) is 7.51. The van der Waals surface area contributed by atoms with E-state index in [4.69, 9.17) is 15.3 Å². The topological polar surface area (TPSA) is 115 Å². The molecule has 0 bridgehead atoms. The zero-order valence-corrected chi connectivity index (χ0v) is 22.8. The number of nitrogens with zero attached hydrogens (tertiary/aromatic N) is 4. The molecule has 9 nitrogen and oxygen atoms in total. The standard InChI is InChI=1S/C29H35FN6O3/c1-17-26-24(34-27(31)33-17)10-20(22-8-7-21(30)12-23(22)19-6-5-9-32-13-19)11-25(26)35-38-16-18-14-36(15-18)28(37)39-29(2,3)4/h5-9,12-13,18,20,25,35H,10-11,14-16H2,1-4H3,(H2,31,33,34). The van der Waals surface area contributed by atoms with Crippen molar-refractivity contribution in [3.8, 4) is 11.1 Å². The quantitative estimate of drug-likeness (QED) is 0.436. The minimum absolute atomic E-state index is 0.0365. The normalized spacial score (nSPS) is 19.4. The van der Waals surface area contributed by atoms with E-state index in [1.54, 1.807) is 23.4 Å². The first kappa shape index (κ1) is 27.0. The zero-order valence-electron chi connectivity index (χ0n) is 22.8. The van der Waals surface area contributed by atoms with Crippen LogP contribution >= 0.6 is 0 Å². The summed E-state index contributed by atoms with van der Waals surface area (Å²) < 4.78 is 19.8. The van der Waals surface area contributed by atoms with Crippen LogP contribution < -0.4 is 11.2 Å². The number of hydrogen-bond acceptors (Lipinski definition) is 8. The van der Waals surface area contributed by atoms with Crippen molar-refractivity contribution in [2.45, 2.75) is 58.1 Å². The van der Waals surface area contributed by atoms with Crippen molar-refractivity contribution in [2.75, 3.05) is 25.4 Å². The second kappa shape index (κ2) is 10.9. The van der Waals surface area contributed by atoms with Crippen molar-refractivity contribution >= 4 is 12.0 Å². The van der Waals surface area contributed by atoms with Crippen molar-refractivity contribution in [3.05, 3.63) is 71.1 Å². The predicted octanol–water partition coefficient (Wildman–Crippen LogP) is 4.73. The number of pyridine rings is 1. The van der Waals surface area contributed by atoms with Gasteiger partial charge in [-0.25, -0.2) is 19.2 Å². The van der Waals surface area contributed by atoms with Crippen LogP contribution in [0.5, 0.6) is 0 Å². The molecule has 0 saturated carbocycles. The largest absolute Gasteiger partial charge is 0.444 e. The number of ether oxygens (including phenoxy) is 1. The number of carbonyl (C=O) groups is 1. The molecule has 1 saturated heterocycles. The number of nitrogens with two attached hydrogens (primary N) is 1. The summed E-state index contributed by atoms with van der Waals surface area (Å²) in [5.74, 6) is 0.182. The monoisotopic (exact) mass is 534 g/mol. The number of aromatic nitrogens is 3. The van der Waals surface area contributed by atoms with Crippen LogP contribution in [0, 0.1) is 18.7 Å². The number of halogens is 1. The van der Waals surface area contributed by atoms with E-state index in [0.29, 0.717) is 32.5 Å². The average molecular weight is 535 g/mol. The number of hydroxylamine groups is 1. The van der Waals surface area contributed by atoms with Crippen molar-refractivity contribution in [3.63, 3.8) is 0 Å². The number of fused-ring (bicyclic) bond motifs is 1. The predicted molar refractivity (Wildman–Crippen MR) is 145 cm³/mol. The number of nitrogen functional groups attached to an aromatic ring is 1. The third kappa shape index (κ3) is 6.17. The molecule has 1 amide bonds. The van der Waals surface area contributed by atoms with Crippen LogP contribution in [0.25, 0.3) is 11.1 Å². The Hall–Kier alpha value is -3.63. The van der Waals surface area contributed by atoms with E-state index in [1.165, 1.54) is 6.07 Å². The van der Waals surface area contributed by atoms with Crippen molar-refractivity contribution in [2.24, 2.45) is 5.92 Å². The first-order chi connectivity index (χ1) is 18.6. The van der Waals surface area contributed by atoms with Crippen LogP contribution in [0.2, 0.25) is 0 Å². The van der Waals surface area contributed by atoms with E-state index in [1.807, 2.05) is 45.9 Å². The smallest absolute Gasteiger partial charge is 0.410 e. The molecule has 3 aromatic rings. The molecule has 5 rings (SSSR count). The second-order valence-corrected chi connectivity index (χ2v) is 11.4. The van der Waals surface area contributed by atoms with Crippen LogP contribution in [0.3, 0.4) is 0 Å². The summed E-state index contributed by atoms with van der Waals surface area (Å²) in [5.41, 5.74) is 14.1. The molecule has 10 heteroatoms. The number of aryl methyl sites for hydroxylation is 1. The molecule has 206 valence electrons. The highest BCUT2D eigenvalue weighted by molar-refractivity contribution is 5.69. The van der Waals surface area contributed by atoms with Gasteiger partial charge in [0.25, 0.3) is 0 Å². The summed E-state index contributed by atoms with van der Waals surface area (Å²) >= 11 is 0. The fourth-order valence-corrected chi connectivity index (χ4v) is 5.41. The van der Waals surface area contributed by atoms with E-state index in [2.05, 4.69) is 20.4 Å². The molecular weight excluding hydrogens is 499 g/mol. The average Bonchev–Trinajstić information content (AvgIpc) is 2.84. The maximum atomic E-state index is 14.3. The number of anilines is 1. The van der Waals surface area contributed by atoms with Gasteiger partial charge in [-0.2, -0.15) is 5.48 Å². The first-order valence-corrected chi connectivity index (χ1v) is 13.3. The molecule has 1 aliphatic heterocycles. The Morgan fingerprint density at radius 1 is 1.23 bits per heavy atom. The number of carbonyl (C=O) groups excluding carboxylic acids is 1. The van der Waals surface area contributed by atoms with Crippen LogP contribution in [0.15, 0.2) is 42.7 Å².